The van der Waals surface area contributed by atoms with Crippen LogP contribution in [0.4, 0.5) is 0 Å². The van der Waals surface area contributed by atoms with Crippen LogP contribution in [0.25, 0.3) is 0 Å². The largest absolute Gasteiger partial charge is 0.388 e. The van der Waals surface area contributed by atoms with Gasteiger partial charge < -0.3 is 9.84 Å². The summed E-state index contributed by atoms with van der Waals surface area (Å²) in [6, 6.07) is 9.68. The summed E-state index contributed by atoms with van der Waals surface area (Å²) in [7, 11) is 0. The molecule has 2 rings (SSSR count). The van der Waals surface area contributed by atoms with E-state index in [0.29, 0.717) is 13.0 Å². The fraction of sp³-hybridized carbons (Fsp3) is 0.400. The van der Waals surface area contributed by atoms with Crippen molar-refractivity contribution in [1.29, 1.82) is 0 Å². The molecule has 0 saturated carbocycles. The van der Waals surface area contributed by atoms with Crippen LogP contribution in [0.15, 0.2) is 35.7 Å². The molecular formula is C15H19NO2S. The standard InChI is InChI=1S/C15H19NO2S/c1-2-8-18-10-15-16-13(11-19-15)9-14(17)12-6-4-3-5-7-12/h3-7,11,14,17H,2,8-10H2,1H3. The lowest BCUT2D eigenvalue weighted by atomic mass is 10.1. The van der Waals surface area contributed by atoms with E-state index in [1.54, 1.807) is 11.3 Å². The van der Waals surface area contributed by atoms with E-state index in [-0.39, 0.29) is 0 Å². The molecule has 1 heterocycles. The number of benzene rings is 1. The van der Waals surface area contributed by atoms with Gasteiger partial charge in [0.25, 0.3) is 0 Å². The third-order valence-electron chi connectivity index (χ3n) is 2.76. The molecule has 1 atom stereocenters. The highest BCUT2D eigenvalue weighted by Gasteiger charge is 2.10. The van der Waals surface area contributed by atoms with Crippen LogP contribution < -0.4 is 0 Å². The van der Waals surface area contributed by atoms with Crippen LogP contribution in [0.1, 0.15) is 35.7 Å². The number of aliphatic hydroxyl groups is 1. The second kappa shape index (κ2) is 7.38. The summed E-state index contributed by atoms with van der Waals surface area (Å²) in [6.07, 6.45) is 1.08. The molecule has 0 amide bonds. The van der Waals surface area contributed by atoms with Crippen molar-refractivity contribution in [3.05, 3.63) is 52.0 Å². The highest BCUT2D eigenvalue weighted by Crippen LogP contribution is 2.19. The Hall–Kier alpha value is -1.23. The third kappa shape index (κ3) is 4.42. The fourth-order valence-corrected chi connectivity index (χ4v) is 2.55. The van der Waals surface area contributed by atoms with E-state index in [1.165, 1.54) is 0 Å². The van der Waals surface area contributed by atoms with Gasteiger partial charge in [0.1, 0.15) is 5.01 Å². The molecule has 2 aromatic rings. The number of nitrogens with zero attached hydrogens (tertiary/aromatic N) is 1. The van der Waals surface area contributed by atoms with Crippen molar-refractivity contribution in [3.63, 3.8) is 0 Å². The molecule has 0 spiro atoms. The number of hydrogen-bond donors (Lipinski definition) is 1. The second-order valence-corrected chi connectivity index (χ2v) is 5.36. The monoisotopic (exact) mass is 277 g/mol. The molecule has 0 fully saturated rings. The van der Waals surface area contributed by atoms with Gasteiger partial charge in [-0.2, -0.15) is 0 Å². The molecule has 0 aliphatic rings. The first kappa shape index (κ1) is 14.2. The minimum atomic E-state index is -0.493. The predicted octanol–water partition coefficient (Wildman–Crippen LogP) is 3.35. The van der Waals surface area contributed by atoms with Gasteiger partial charge in [0, 0.05) is 18.4 Å². The summed E-state index contributed by atoms with van der Waals surface area (Å²) in [5.41, 5.74) is 1.86. The van der Waals surface area contributed by atoms with Crippen LogP contribution in [0.5, 0.6) is 0 Å². The summed E-state index contributed by atoms with van der Waals surface area (Å²) >= 11 is 1.59. The first-order valence-corrected chi connectivity index (χ1v) is 7.41. The number of rotatable bonds is 7. The van der Waals surface area contributed by atoms with Gasteiger partial charge in [0.2, 0.25) is 0 Å². The summed E-state index contributed by atoms with van der Waals surface area (Å²) in [4.78, 5) is 4.48. The van der Waals surface area contributed by atoms with E-state index in [2.05, 4.69) is 11.9 Å². The van der Waals surface area contributed by atoms with Crippen LogP contribution in [-0.4, -0.2) is 16.7 Å². The Labute approximate surface area is 117 Å². The molecule has 0 saturated heterocycles. The molecular weight excluding hydrogens is 258 g/mol. The molecule has 4 heteroatoms. The minimum absolute atomic E-state index is 0.493. The SMILES string of the molecule is CCCOCc1nc(CC(O)c2ccccc2)cs1. The van der Waals surface area contributed by atoms with E-state index < -0.39 is 6.10 Å². The number of thiazole rings is 1. The lowest BCUT2D eigenvalue weighted by molar-refractivity contribution is 0.121. The lowest BCUT2D eigenvalue weighted by Gasteiger charge is -2.08. The smallest absolute Gasteiger partial charge is 0.119 e. The maximum atomic E-state index is 10.1. The van der Waals surface area contributed by atoms with Crippen molar-refractivity contribution < 1.29 is 9.84 Å². The molecule has 1 aromatic carbocycles. The normalized spacial score (nSPS) is 12.5. The molecule has 3 nitrogen and oxygen atoms in total. The number of hydrogen-bond acceptors (Lipinski definition) is 4. The van der Waals surface area contributed by atoms with Crippen LogP contribution in [0.3, 0.4) is 0 Å². The number of ether oxygens (including phenoxy) is 1. The maximum absolute atomic E-state index is 10.1. The van der Waals surface area contributed by atoms with Crippen molar-refractivity contribution in [2.24, 2.45) is 0 Å². The zero-order valence-electron chi connectivity index (χ0n) is 11.1. The summed E-state index contributed by atoms with van der Waals surface area (Å²) in [5.74, 6) is 0. The number of aliphatic hydroxyl groups excluding tert-OH is 1. The average Bonchev–Trinajstić information content (AvgIpc) is 2.88. The Morgan fingerprint density at radius 2 is 2.11 bits per heavy atom. The van der Waals surface area contributed by atoms with Crippen molar-refractivity contribution in [2.45, 2.75) is 32.5 Å². The average molecular weight is 277 g/mol. The molecule has 1 aromatic heterocycles. The van der Waals surface area contributed by atoms with Gasteiger partial charge in [-0.3, -0.25) is 0 Å². The number of aromatic nitrogens is 1. The van der Waals surface area contributed by atoms with Gasteiger partial charge in [-0.15, -0.1) is 11.3 Å². The van der Waals surface area contributed by atoms with E-state index >= 15 is 0 Å². The van der Waals surface area contributed by atoms with E-state index in [4.69, 9.17) is 4.74 Å². The zero-order valence-corrected chi connectivity index (χ0v) is 11.9. The Bertz CT molecular complexity index is 484. The van der Waals surface area contributed by atoms with Gasteiger partial charge in [0.15, 0.2) is 0 Å². The molecule has 0 aliphatic heterocycles. The highest BCUT2D eigenvalue weighted by molar-refractivity contribution is 7.09. The van der Waals surface area contributed by atoms with Crippen molar-refractivity contribution in [3.8, 4) is 0 Å². The first-order chi connectivity index (χ1) is 9.29. The molecule has 102 valence electrons. The Morgan fingerprint density at radius 1 is 1.32 bits per heavy atom. The van der Waals surface area contributed by atoms with Crippen LogP contribution >= 0.6 is 11.3 Å². The van der Waals surface area contributed by atoms with Gasteiger partial charge in [-0.25, -0.2) is 4.98 Å². The molecule has 0 aliphatic carbocycles. The fourth-order valence-electron chi connectivity index (χ4n) is 1.80. The summed E-state index contributed by atoms with van der Waals surface area (Å²) in [5, 5.41) is 13.1. The van der Waals surface area contributed by atoms with E-state index in [1.807, 2.05) is 35.7 Å². The third-order valence-corrected chi connectivity index (χ3v) is 3.63. The summed E-state index contributed by atoms with van der Waals surface area (Å²) < 4.78 is 5.46. The van der Waals surface area contributed by atoms with Crippen molar-refractivity contribution in [1.82, 2.24) is 4.98 Å². The Balaban J connectivity index is 1.89. The lowest BCUT2D eigenvalue weighted by Crippen LogP contribution is -2.02. The zero-order chi connectivity index (χ0) is 13.5. The van der Waals surface area contributed by atoms with Crippen molar-refractivity contribution >= 4 is 11.3 Å². The minimum Gasteiger partial charge on any atom is -0.388 e. The first-order valence-electron chi connectivity index (χ1n) is 6.53. The molecule has 0 bridgehead atoms. The highest BCUT2D eigenvalue weighted by atomic mass is 32.1. The Kier molecular flexibility index (Phi) is 5.51. The van der Waals surface area contributed by atoms with Gasteiger partial charge in [-0.1, -0.05) is 37.3 Å². The van der Waals surface area contributed by atoms with Gasteiger partial charge in [0.05, 0.1) is 18.4 Å². The van der Waals surface area contributed by atoms with Gasteiger partial charge >= 0.3 is 0 Å². The van der Waals surface area contributed by atoms with Gasteiger partial charge in [-0.05, 0) is 12.0 Å². The van der Waals surface area contributed by atoms with E-state index in [0.717, 1.165) is 29.3 Å². The summed E-state index contributed by atoms with van der Waals surface area (Å²) in [6.45, 7) is 3.42. The molecule has 1 N–H and O–H groups in total. The van der Waals surface area contributed by atoms with Crippen molar-refractivity contribution in [2.75, 3.05) is 6.61 Å². The van der Waals surface area contributed by atoms with Crippen LogP contribution in [0, 0.1) is 0 Å². The maximum Gasteiger partial charge on any atom is 0.119 e. The topological polar surface area (TPSA) is 42.4 Å². The van der Waals surface area contributed by atoms with Crippen LogP contribution in [0.2, 0.25) is 0 Å². The molecule has 0 radical (unpaired) electrons. The molecule has 1 unspecified atom stereocenters. The Morgan fingerprint density at radius 3 is 2.84 bits per heavy atom. The quantitative estimate of drug-likeness (QED) is 0.789. The second-order valence-electron chi connectivity index (χ2n) is 4.42. The predicted molar refractivity (Wildman–Crippen MR) is 77.2 cm³/mol. The molecule has 19 heavy (non-hydrogen) atoms. The van der Waals surface area contributed by atoms with Crippen LogP contribution in [-0.2, 0) is 17.8 Å². The van der Waals surface area contributed by atoms with E-state index in [9.17, 15) is 5.11 Å².